The average molecular weight is 328 g/mol. The van der Waals surface area contributed by atoms with E-state index in [4.69, 9.17) is 5.11 Å². The predicted molar refractivity (Wildman–Crippen MR) is 92.0 cm³/mol. The Kier molecular flexibility index (Phi) is 5.48. The highest BCUT2D eigenvalue weighted by Crippen LogP contribution is 2.16. The monoisotopic (exact) mass is 328 g/mol. The number of piperidine rings is 1. The molecular weight excluding hydrogens is 304 g/mol. The molecule has 0 radical (unpaired) electrons. The van der Waals surface area contributed by atoms with Gasteiger partial charge in [-0.2, -0.15) is 5.10 Å². The Balaban J connectivity index is 1.44. The van der Waals surface area contributed by atoms with Crippen LogP contribution in [0, 0.1) is 5.92 Å². The van der Waals surface area contributed by atoms with Crippen LogP contribution < -0.4 is 5.32 Å². The van der Waals surface area contributed by atoms with Crippen molar-refractivity contribution >= 4 is 6.03 Å². The van der Waals surface area contributed by atoms with Crippen LogP contribution in [0.15, 0.2) is 42.6 Å². The highest BCUT2D eigenvalue weighted by Gasteiger charge is 2.21. The summed E-state index contributed by atoms with van der Waals surface area (Å²) in [7, 11) is 0. The Morgan fingerprint density at radius 2 is 1.96 bits per heavy atom. The third-order valence-electron chi connectivity index (χ3n) is 4.48. The van der Waals surface area contributed by atoms with E-state index in [0.717, 1.165) is 37.3 Å². The van der Waals surface area contributed by atoms with Crippen molar-refractivity contribution in [2.45, 2.75) is 19.3 Å². The van der Waals surface area contributed by atoms with Gasteiger partial charge in [0.15, 0.2) is 0 Å². The van der Waals surface area contributed by atoms with Gasteiger partial charge in [0, 0.05) is 38.9 Å². The Morgan fingerprint density at radius 3 is 2.67 bits per heavy atom. The lowest BCUT2D eigenvalue weighted by Crippen LogP contribution is -2.45. The molecule has 2 N–H and O–H groups in total. The molecule has 1 aliphatic heterocycles. The van der Waals surface area contributed by atoms with E-state index in [1.807, 2.05) is 52.2 Å². The Hall–Kier alpha value is -2.34. The molecule has 1 aromatic carbocycles. The number of para-hydroxylation sites is 1. The van der Waals surface area contributed by atoms with E-state index >= 15 is 0 Å². The zero-order valence-electron chi connectivity index (χ0n) is 13.8. The van der Waals surface area contributed by atoms with Gasteiger partial charge < -0.3 is 15.3 Å². The zero-order valence-corrected chi connectivity index (χ0v) is 13.8. The maximum Gasteiger partial charge on any atom is 0.317 e. The van der Waals surface area contributed by atoms with Gasteiger partial charge in [0.25, 0.3) is 0 Å². The predicted octanol–water partition coefficient (Wildman–Crippen LogP) is 1.83. The third-order valence-corrected chi connectivity index (χ3v) is 4.48. The molecule has 2 amide bonds. The van der Waals surface area contributed by atoms with E-state index in [2.05, 4.69) is 10.4 Å². The molecule has 0 spiro atoms. The van der Waals surface area contributed by atoms with Gasteiger partial charge in [-0.05, 0) is 37.0 Å². The summed E-state index contributed by atoms with van der Waals surface area (Å²) in [5, 5.41) is 16.6. The smallest absolute Gasteiger partial charge is 0.317 e. The number of rotatable bonds is 5. The molecule has 1 fully saturated rings. The molecular formula is C18H24N4O2. The van der Waals surface area contributed by atoms with Crippen LogP contribution in [0.5, 0.6) is 0 Å². The summed E-state index contributed by atoms with van der Waals surface area (Å²) in [4.78, 5) is 14.0. The molecule has 6 heteroatoms. The summed E-state index contributed by atoms with van der Waals surface area (Å²) in [6.45, 7) is 2.24. The first-order chi connectivity index (χ1) is 11.8. The minimum atomic E-state index is -0.0196. The van der Waals surface area contributed by atoms with Crippen LogP contribution in [0.4, 0.5) is 4.79 Å². The van der Waals surface area contributed by atoms with Crippen molar-refractivity contribution in [2.24, 2.45) is 5.92 Å². The number of amides is 2. The van der Waals surface area contributed by atoms with Gasteiger partial charge in [-0.3, -0.25) is 0 Å². The fourth-order valence-electron chi connectivity index (χ4n) is 2.95. The first kappa shape index (κ1) is 16.5. The van der Waals surface area contributed by atoms with Crippen molar-refractivity contribution < 1.29 is 9.90 Å². The topological polar surface area (TPSA) is 70.4 Å². The Bertz CT molecular complexity index is 648. The number of urea groups is 1. The summed E-state index contributed by atoms with van der Waals surface area (Å²) in [5.74, 6) is 0.344. The molecule has 6 nitrogen and oxygen atoms in total. The van der Waals surface area contributed by atoms with Gasteiger partial charge >= 0.3 is 6.03 Å². The number of aromatic nitrogens is 2. The van der Waals surface area contributed by atoms with Crippen LogP contribution in [0.25, 0.3) is 5.69 Å². The van der Waals surface area contributed by atoms with Crippen LogP contribution >= 0.6 is 0 Å². The van der Waals surface area contributed by atoms with Crippen molar-refractivity contribution in [2.75, 3.05) is 26.2 Å². The van der Waals surface area contributed by atoms with Crippen molar-refractivity contribution in [3.8, 4) is 5.69 Å². The molecule has 3 rings (SSSR count). The van der Waals surface area contributed by atoms with Crippen LogP contribution in [0.3, 0.4) is 0 Å². The largest absolute Gasteiger partial charge is 0.396 e. The number of aliphatic hydroxyl groups excluding tert-OH is 1. The molecule has 0 unspecified atom stereocenters. The number of hydrogen-bond acceptors (Lipinski definition) is 3. The van der Waals surface area contributed by atoms with Gasteiger partial charge in [0.2, 0.25) is 0 Å². The number of nitrogens with zero attached hydrogens (tertiary/aromatic N) is 3. The summed E-state index contributed by atoms with van der Waals surface area (Å²) in [5.41, 5.74) is 1.98. The van der Waals surface area contributed by atoms with Gasteiger partial charge in [-0.15, -0.1) is 0 Å². The zero-order chi connectivity index (χ0) is 16.8. The molecule has 0 aliphatic carbocycles. The van der Waals surface area contributed by atoms with Crippen molar-refractivity contribution in [3.05, 3.63) is 48.3 Å². The van der Waals surface area contributed by atoms with E-state index in [1.54, 1.807) is 0 Å². The molecule has 1 aromatic heterocycles. The van der Waals surface area contributed by atoms with E-state index in [9.17, 15) is 4.79 Å². The number of likely N-dealkylation sites (tertiary alicyclic amines) is 1. The minimum Gasteiger partial charge on any atom is -0.396 e. The molecule has 1 aliphatic rings. The lowest BCUT2D eigenvalue weighted by molar-refractivity contribution is 0.137. The molecule has 24 heavy (non-hydrogen) atoms. The standard InChI is InChI=1S/C18H24N4O2/c23-14-15-7-11-21(12-8-15)18(24)19-10-6-16-9-13-22(20-16)17-4-2-1-3-5-17/h1-5,9,13,15,23H,6-8,10-12,14H2,(H,19,24). The first-order valence-electron chi connectivity index (χ1n) is 8.50. The molecule has 1 saturated heterocycles. The summed E-state index contributed by atoms with van der Waals surface area (Å²) >= 11 is 0. The molecule has 2 aromatic rings. The number of carbonyl (C=O) groups is 1. The molecule has 128 valence electrons. The normalized spacial score (nSPS) is 15.5. The number of hydrogen-bond donors (Lipinski definition) is 2. The third kappa shape index (κ3) is 4.14. The number of carbonyl (C=O) groups excluding carboxylic acids is 1. The summed E-state index contributed by atoms with van der Waals surface area (Å²) < 4.78 is 1.84. The van der Waals surface area contributed by atoms with Crippen molar-refractivity contribution in [1.29, 1.82) is 0 Å². The van der Waals surface area contributed by atoms with Gasteiger partial charge in [-0.1, -0.05) is 18.2 Å². The summed E-state index contributed by atoms with van der Waals surface area (Å²) in [6.07, 6.45) is 4.40. The van der Waals surface area contributed by atoms with Crippen molar-refractivity contribution in [3.63, 3.8) is 0 Å². The van der Waals surface area contributed by atoms with Crippen molar-refractivity contribution in [1.82, 2.24) is 20.0 Å². The molecule has 2 heterocycles. The highest BCUT2D eigenvalue weighted by molar-refractivity contribution is 5.74. The lowest BCUT2D eigenvalue weighted by Gasteiger charge is -2.31. The highest BCUT2D eigenvalue weighted by atomic mass is 16.3. The number of nitrogens with one attached hydrogen (secondary N) is 1. The fraction of sp³-hybridized carbons (Fsp3) is 0.444. The quantitative estimate of drug-likeness (QED) is 0.880. The number of aliphatic hydroxyl groups is 1. The Morgan fingerprint density at radius 1 is 1.21 bits per heavy atom. The molecule has 0 saturated carbocycles. The Labute approximate surface area is 142 Å². The van der Waals surface area contributed by atoms with Gasteiger partial charge in [-0.25, -0.2) is 9.48 Å². The summed E-state index contributed by atoms with van der Waals surface area (Å²) in [6, 6.07) is 11.9. The van der Waals surface area contributed by atoms with Crippen LogP contribution in [-0.2, 0) is 6.42 Å². The second kappa shape index (κ2) is 7.97. The fourth-order valence-corrected chi connectivity index (χ4v) is 2.95. The lowest BCUT2D eigenvalue weighted by atomic mass is 9.98. The SMILES string of the molecule is O=C(NCCc1ccn(-c2ccccc2)n1)N1CCC(CO)CC1. The van der Waals surface area contributed by atoms with Gasteiger partial charge in [0.05, 0.1) is 11.4 Å². The maximum atomic E-state index is 12.1. The molecule has 0 atom stereocenters. The van der Waals surface area contributed by atoms with Crippen LogP contribution in [-0.4, -0.2) is 52.1 Å². The number of benzene rings is 1. The van der Waals surface area contributed by atoms with Gasteiger partial charge in [0.1, 0.15) is 0 Å². The van der Waals surface area contributed by atoms with E-state index in [1.165, 1.54) is 0 Å². The van der Waals surface area contributed by atoms with E-state index in [-0.39, 0.29) is 12.6 Å². The second-order valence-corrected chi connectivity index (χ2v) is 6.18. The molecule has 0 bridgehead atoms. The van der Waals surface area contributed by atoms with Crippen LogP contribution in [0.2, 0.25) is 0 Å². The second-order valence-electron chi connectivity index (χ2n) is 6.18. The average Bonchev–Trinajstić information content (AvgIpc) is 3.11. The van der Waals surface area contributed by atoms with E-state index < -0.39 is 0 Å². The maximum absolute atomic E-state index is 12.1. The van der Waals surface area contributed by atoms with Crippen LogP contribution in [0.1, 0.15) is 18.5 Å². The first-order valence-corrected chi connectivity index (χ1v) is 8.50. The minimum absolute atomic E-state index is 0.0196. The van der Waals surface area contributed by atoms with E-state index in [0.29, 0.717) is 18.9 Å².